The summed E-state index contributed by atoms with van der Waals surface area (Å²) in [5.74, 6) is -1.38. The highest BCUT2D eigenvalue weighted by atomic mass is 35.5. The van der Waals surface area contributed by atoms with E-state index in [0.717, 1.165) is 47.4 Å². The number of nitrogens with one attached hydrogen (secondary N) is 6. The number of carbonyl (C=O) groups is 9. The van der Waals surface area contributed by atoms with E-state index in [4.69, 9.17) is 21.3 Å². The third-order valence-corrected chi connectivity index (χ3v) is 25.8. The van der Waals surface area contributed by atoms with Crippen LogP contribution in [0.15, 0.2) is 95.0 Å². The van der Waals surface area contributed by atoms with Gasteiger partial charge in [-0.05, 0) is 165 Å². The van der Waals surface area contributed by atoms with Crippen LogP contribution in [0.1, 0.15) is 171 Å². The Morgan fingerprint density at radius 1 is 0.743 bits per heavy atom. The Hall–Kier alpha value is -10.1. The number of unbranched alkanes of at least 4 members (excludes halogenated alkanes) is 1. The number of ketones is 1. The van der Waals surface area contributed by atoms with E-state index in [2.05, 4.69) is 61.6 Å². The minimum absolute atomic E-state index is 0.0197. The fourth-order valence-corrected chi connectivity index (χ4v) is 18.2. The van der Waals surface area contributed by atoms with Crippen LogP contribution in [-0.4, -0.2) is 205 Å². The zero-order chi connectivity index (χ0) is 80.4. The molecule has 1 saturated carbocycles. The van der Waals surface area contributed by atoms with E-state index >= 15 is 0 Å². The van der Waals surface area contributed by atoms with Gasteiger partial charge in [0.2, 0.25) is 47.3 Å². The maximum Gasteiger partial charge on any atom is 0.264 e. The summed E-state index contributed by atoms with van der Waals surface area (Å²) in [5.41, 5.74) is 4.72. The summed E-state index contributed by atoms with van der Waals surface area (Å²) < 4.78 is 34.5. The number of ether oxygens (including phenoxy) is 1. The van der Waals surface area contributed by atoms with Crippen molar-refractivity contribution in [2.75, 3.05) is 103 Å². The number of amides is 8. The number of hydrogen-bond donors (Lipinski definition) is 6. The molecule has 4 aliphatic heterocycles. The number of piperazine rings is 1. The number of nitrogens with zero attached hydrogens (tertiary/aromatic N) is 11. The lowest BCUT2D eigenvalue weighted by Gasteiger charge is -2.35. The van der Waals surface area contributed by atoms with E-state index in [-0.39, 0.29) is 136 Å². The van der Waals surface area contributed by atoms with Crippen molar-refractivity contribution in [3.8, 4) is 5.75 Å². The summed E-state index contributed by atoms with van der Waals surface area (Å²) in [6, 6.07) is 17.5. The van der Waals surface area contributed by atoms with E-state index in [1.54, 1.807) is 55.9 Å². The molecule has 1 aliphatic carbocycles. The van der Waals surface area contributed by atoms with Crippen molar-refractivity contribution in [2.24, 2.45) is 0 Å². The molecule has 8 amide bonds. The van der Waals surface area contributed by atoms with E-state index in [9.17, 15) is 56.4 Å². The number of aryl methyl sites for hydroxylation is 2. The fraction of sp³-hybridized carbons (Fsp3) is 0.456. The van der Waals surface area contributed by atoms with Crippen LogP contribution in [-0.2, 0) is 38.6 Å². The number of halogens is 1. The number of imide groups is 2. The molecule has 3 saturated heterocycles. The van der Waals surface area contributed by atoms with Crippen LogP contribution in [0.3, 0.4) is 0 Å². The summed E-state index contributed by atoms with van der Waals surface area (Å²) in [6.07, 6.45) is 10.6. The molecule has 7 aromatic rings. The van der Waals surface area contributed by atoms with Gasteiger partial charge in [-0.2, -0.15) is 9.97 Å². The van der Waals surface area contributed by atoms with Gasteiger partial charge >= 0.3 is 0 Å². The molecule has 12 rings (SSSR count). The van der Waals surface area contributed by atoms with Crippen LogP contribution in [0.4, 0.5) is 46.3 Å². The summed E-state index contributed by atoms with van der Waals surface area (Å²) in [7, 11) is -0.676. The zero-order valence-corrected chi connectivity index (χ0v) is 67.5. The number of likely N-dealkylation sites (tertiary alicyclic amines) is 1. The van der Waals surface area contributed by atoms with Crippen LogP contribution < -0.4 is 47.1 Å². The minimum atomic E-state index is -3.65. The molecule has 0 radical (unpaired) electrons. The second-order valence-electron chi connectivity index (χ2n) is 29.4. The number of benzene rings is 3. The lowest BCUT2D eigenvalue weighted by atomic mass is 9.86. The Balaban J connectivity index is 0.603. The van der Waals surface area contributed by atoms with Crippen molar-refractivity contribution >= 4 is 153 Å². The van der Waals surface area contributed by atoms with Crippen LogP contribution in [0.5, 0.6) is 5.75 Å². The maximum atomic E-state index is 14.2. The van der Waals surface area contributed by atoms with Crippen LogP contribution in [0, 0.1) is 13.8 Å². The van der Waals surface area contributed by atoms with E-state index in [1.807, 2.05) is 49.9 Å². The predicted molar refractivity (Wildman–Crippen MR) is 435 cm³/mol. The number of piperidine rings is 2. The Morgan fingerprint density at radius 3 is 2.18 bits per heavy atom. The largest absolute Gasteiger partial charge is 0.489 e. The number of carbonyl (C=O) groups excluding carboxylic acids is 9. The zero-order valence-electron chi connectivity index (χ0n) is 64.3. The first-order chi connectivity index (χ1) is 54.2. The monoisotopic (exact) mass is 1620 g/mol. The second kappa shape index (κ2) is 36.8. The van der Waals surface area contributed by atoms with Gasteiger partial charge < -0.3 is 46.0 Å². The van der Waals surface area contributed by atoms with Crippen molar-refractivity contribution in [3.63, 3.8) is 0 Å². The van der Waals surface area contributed by atoms with Crippen molar-refractivity contribution in [3.05, 3.63) is 134 Å². The molecule has 1 atom stereocenters. The standard InChI is InChI=1S/C79H94ClN17O13S3/c1-46(2)110-62-40-55(48(5)39-60(62)87-78-84-43-57(80)72(90-78)86-58-18-10-11-20-63(58)113(108,109)47(3)4)51-27-30-94(31-28-51)68(102)21-12-13-22-69(103)95(45-67(101)85-59-19-14-17-54-71(59)77(107)97(75(54)105)61-24-26-65(99)89-74(61)104)36-38-112-111-37-29-81-66(100)44-92-32-34-93(35-33-92)53-23-25-64(82-41-53)88-79-83-42-56-49(6)70(50(7)98)76(106)96(73(56)91-79)52-15-8-9-16-52/h10-11,14,17-20,23,25,39-43,46-47,51-52,61H,8-9,12-13,15-16,21-22,24,26-38,44-45H2,1-7H3,(H,81,100)(H,85,101)(H,89,99,104)(H,82,83,88,91)(H2,84,86,87,90). The molecule has 598 valence electrons. The molecule has 3 aromatic carbocycles. The van der Waals surface area contributed by atoms with Gasteiger partial charge in [0.25, 0.3) is 17.4 Å². The Bertz CT molecular complexity index is 4990. The number of hydrogen-bond acceptors (Lipinski definition) is 25. The second-order valence-corrected chi connectivity index (χ2v) is 35.0. The Morgan fingerprint density at radius 2 is 1.46 bits per heavy atom. The first kappa shape index (κ1) is 82.4. The summed E-state index contributed by atoms with van der Waals surface area (Å²) in [6.45, 7) is 16.3. The molecule has 1 unspecified atom stereocenters. The predicted octanol–water partition coefficient (Wildman–Crippen LogP) is 10.2. The molecule has 8 heterocycles. The molecule has 4 fully saturated rings. The van der Waals surface area contributed by atoms with Crippen molar-refractivity contribution in [2.45, 2.75) is 160 Å². The molecule has 30 nitrogen and oxygen atoms in total. The number of fused-ring (bicyclic) bond motifs is 2. The third kappa shape index (κ3) is 19.6. The average Bonchev–Trinajstić information content (AvgIpc) is 1.70. The maximum absolute atomic E-state index is 14.2. The highest BCUT2D eigenvalue weighted by molar-refractivity contribution is 8.76. The van der Waals surface area contributed by atoms with Crippen molar-refractivity contribution in [1.29, 1.82) is 0 Å². The van der Waals surface area contributed by atoms with Gasteiger partial charge in [0, 0.05) is 101 Å². The number of para-hydroxylation sites is 1. The lowest BCUT2D eigenvalue weighted by Crippen LogP contribution is -2.54. The fourth-order valence-electron chi connectivity index (χ4n) is 15.0. The molecule has 5 aliphatic rings. The highest BCUT2D eigenvalue weighted by Gasteiger charge is 2.46. The van der Waals surface area contributed by atoms with E-state index < -0.39 is 57.2 Å². The highest BCUT2D eigenvalue weighted by Crippen LogP contribution is 2.41. The summed E-state index contributed by atoms with van der Waals surface area (Å²) in [4.78, 5) is 165. The smallest absolute Gasteiger partial charge is 0.264 e. The average molecular weight is 1620 g/mol. The number of sulfone groups is 1. The van der Waals surface area contributed by atoms with Crippen LogP contribution in [0.25, 0.3) is 11.0 Å². The molecule has 6 N–H and O–H groups in total. The molecule has 0 bridgehead atoms. The van der Waals surface area contributed by atoms with Gasteiger partial charge in [-0.1, -0.05) is 64.2 Å². The van der Waals surface area contributed by atoms with Gasteiger partial charge in [-0.25, -0.2) is 23.4 Å². The number of aromatic nitrogens is 6. The topological polar surface area (TPSA) is 372 Å². The summed E-state index contributed by atoms with van der Waals surface area (Å²) in [5, 5.41) is 17.7. The first-order valence-electron chi connectivity index (χ1n) is 38.3. The molecule has 4 aromatic heterocycles. The first-order valence-corrected chi connectivity index (χ1v) is 42.7. The molecular weight excluding hydrogens is 1530 g/mol. The number of anilines is 8. The van der Waals surface area contributed by atoms with Gasteiger partial charge in [0.15, 0.2) is 21.4 Å². The molecule has 0 spiro atoms. The minimum Gasteiger partial charge on any atom is -0.489 e. The Kier molecular flexibility index (Phi) is 26.8. The van der Waals surface area contributed by atoms with Crippen LogP contribution in [0.2, 0.25) is 5.02 Å². The van der Waals surface area contributed by atoms with Gasteiger partial charge in [-0.3, -0.25) is 67.6 Å². The number of rotatable bonds is 32. The molecular formula is C79H94ClN17O13S3. The Labute approximate surface area is 668 Å². The lowest BCUT2D eigenvalue weighted by molar-refractivity contribution is -0.136. The summed E-state index contributed by atoms with van der Waals surface area (Å²) >= 11 is 6.57. The number of pyridine rings is 2. The van der Waals surface area contributed by atoms with E-state index in [1.165, 1.54) is 63.9 Å². The van der Waals surface area contributed by atoms with E-state index in [0.29, 0.717) is 123 Å². The third-order valence-electron chi connectivity index (χ3n) is 20.9. The number of Topliss-reactive ketones (excluding diaryl/α,β-unsaturated/α-hetero) is 1. The SMILES string of the molecule is CC(=O)c1c(C)c2cnc(Nc3ccc(N4CCN(CC(=O)NCCSSCCN(CC(=O)Nc5cccc6c5C(=O)N(C5CCC(=O)NC5=O)C6=O)C(=O)CCCCC(=O)N5CCC(c6cc(OC(C)C)c(Nc7ncc(Cl)c(Nc8ccccc8S(=O)(=O)C(C)C)n7)cc6C)CC5)CC4)cn3)nc2n(C2CCCC2)c1=O. The van der Waals surface area contributed by atoms with Crippen molar-refractivity contribution in [1.82, 2.24) is 59.7 Å². The van der Waals surface area contributed by atoms with Gasteiger partial charge in [0.05, 0.1) is 81.2 Å². The van der Waals surface area contributed by atoms with Gasteiger partial charge in [-0.15, -0.1) is 0 Å². The molecule has 34 heteroatoms. The quantitative estimate of drug-likeness (QED) is 0.00987. The van der Waals surface area contributed by atoms with Crippen molar-refractivity contribution < 1.29 is 56.3 Å². The van der Waals surface area contributed by atoms with Gasteiger partial charge in [0.1, 0.15) is 28.3 Å². The molecule has 113 heavy (non-hydrogen) atoms. The normalized spacial score (nSPS) is 16.4. The van der Waals surface area contributed by atoms with Crippen LogP contribution >= 0.6 is 33.2 Å².